The van der Waals surface area contributed by atoms with Crippen molar-refractivity contribution < 1.29 is 16.8 Å². The molecule has 7 nitrogen and oxygen atoms in total. The Morgan fingerprint density at radius 3 is 2.76 bits per heavy atom. The topological polar surface area (TPSA) is 110 Å². The van der Waals surface area contributed by atoms with Crippen molar-refractivity contribution in [2.75, 3.05) is 29.5 Å². The molecule has 1 aliphatic heterocycles. The number of nitrogens with zero attached hydrogens (tertiary/aromatic N) is 2. The lowest BCUT2D eigenvalue weighted by atomic mass is 10.4. The standard InChI is InChI=1S/C11H17N3O4S3/c1-2-20(15,16)10-8-19-7-6-14(10)21(17,18)11-9(12)4-3-5-13-11/h3-5,10H,2,6-8,12H2,1H3. The van der Waals surface area contributed by atoms with Crippen LogP contribution in [-0.2, 0) is 19.9 Å². The second-order valence-electron chi connectivity index (χ2n) is 4.49. The number of anilines is 1. The Hall–Kier alpha value is -0.840. The van der Waals surface area contributed by atoms with Crippen LogP contribution in [0.25, 0.3) is 0 Å². The number of sulfonamides is 1. The largest absolute Gasteiger partial charge is 0.396 e. The summed E-state index contributed by atoms with van der Waals surface area (Å²) in [6.45, 7) is 1.64. The number of hydrogen-bond donors (Lipinski definition) is 1. The molecule has 1 saturated heterocycles. The summed E-state index contributed by atoms with van der Waals surface area (Å²) in [4.78, 5) is 3.81. The minimum absolute atomic E-state index is 0.0170. The van der Waals surface area contributed by atoms with Gasteiger partial charge in [0.1, 0.15) is 5.37 Å². The number of nitrogen functional groups attached to an aromatic ring is 1. The highest BCUT2D eigenvalue weighted by molar-refractivity contribution is 8.01. The van der Waals surface area contributed by atoms with Crippen LogP contribution in [0.4, 0.5) is 5.69 Å². The lowest BCUT2D eigenvalue weighted by Gasteiger charge is -2.33. The smallest absolute Gasteiger partial charge is 0.263 e. The molecule has 0 aliphatic carbocycles. The Kier molecular flexibility index (Phi) is 4.81. The van der Waals surface area contributed by atoms with Crippen molar-refractivity contribution in [2.24, 2.45) is 0 Å². The fraction of sp³-hybridized carbons (Fsp3) is 0.545. The van der Waals surface area contributed by atoms with Crippen LogP contribution in [0.3, 0.4) is 0 Å². The quantitative estimate of drug-likeness (QED) is 0.822. The molecule has 1 aromatic heterocycles. The number of nitrogens with two attached hydrogens (primary N) is 1. The first kappa shape index (κ1) is 16.5. The Bertz CT molecular complexity index is 718. The maximum atomic E-state index is 12.7. The summed E-state index contributed by atoms with van der Waals surface area (Å²) in [5, 5.41) is -1.35. The van der Waals surface area contributed by atoms with Crippen molar-refractivity contribution in [1.82, 2.24) is 9.29 Å². The first-order chi connectivity index (χ1) is 9.80. The van der Waals surface area contributed by atoms with E-state index in [1.54, 1.807) is 0 Å². The van der Waals surface area contributed by atoms with E-state index in [0.717, 1.165) is 4.31 Å². The Balaban J connectivity index is 2.49. The van der Waals surface area contributed by atoms with Crippen LogP contribution in [-0.4, -0.2) is 55.3 Å². The van der Waals surface area contributed by atoms with Crippen LogP contribution in [0.5, 0.6) is 0 Å². The van der Waals surface area contributed by atoms with Crippen molar-refractivity contribution in [3.63, 3.8) is 0 Å². The third-order valence-electron chi connectivity index (χ3n) is 3.21. The van der Waals surface area contributed by atoms with Crippen molar-refractivity contribution >= 4 is 37.3 Å². The van der Waals surface area contributed by atoms with Gasteiger partial charge in [0.15, 0.2) is 14.9 Å². The van der Waals surface area contributed by atoms with E-state index in [4.69, 9.17) is 5.73 Å². The third-order valence-corrected chi connectivity index (χ3v) is 8.51. The zero-order chi connectivity index (χ0) is 15.7. The zero-order valence-corrected chi connectivity index (χ0v) is 13.9. The first-order valence-corrected chi connectivity index (χ1v) is 10.6. The summed E-state index contributed by atoms with van der Waals surface area (Å²) < 4.78 is 50.7. The monoisotopic (exact) mass is 351 g/mol. The maximum absolute atomic E-state index is 12.7. The predicted molar refractivity (Wildman–Crippen MR) is 83.1 cm³/mol. The highest BCUT2D eigenvalue weighted by Crippen LogP contribution is 2.28. The summed E-state index contributed by atoms with van der Waals surface area (Å²) in [6, 6.07) is 2.96. The summed E-state index contributed by atoms with van der Waals surface area (Å²) in [5.41, 5.74) is 5.69. The van der Waals surface area contributed by atoms with Gasteiger partial charge in [0.05, 0.1) is 5.69 Å². The molecule has 0 saturated carbocycles. The van der Waals surface area contributed by atoms with Crippen LogP contribution < -0.4 is 5.73 Å². The highest BCUT2D eigenvalue weighted by Gasteiger charge is 2.41. The van der Waals surface area contributed by atoms with E-state index in [-0.39, 0.29) is 28.8 Å². The van der Waals surface area contributed by atoms with Crippen molar-refractivity contribution in [3.05, 3.63) is 18.3 Å². The van der Waals surface area contributed by atoms with Crippen molar-refractivity contribution in [2.45, 2.75) is 17.3 Å². The summed E-state index contributed by atoms with van der Waals surface area (Å²) in [7, 11) is -7.55. The Morgan fingerprint density at radius 2 is 2.14 bits per heavy atom. The molecule has 1 fully saturated rings. The molecule has 0 bridgehead atoms. The van der Waals surface area contributed by atoms with E-state index in [1.165, 1.54) is 37.0 Å². The zero-order valence-electron chi connectivity index (χ0n) is 11.5. The van der Waals surface area contributed by atoms with Crippen LogP contribution in [0.15, 0.2) is 23.4 Å². The fourth-order valence-corrected chi connectivity index (χ4v) is 7.33. The van der Waals surface area contributed by atoms with E-state index in [1.807, 2.05) is 0 Å². The van der Waals surface area contributed by atoms with Crippen LogP contribution in [0.1, 0.15) is 6.92 Å². The predicted octanol–water partition coefficient (Wildman–Crippen LogP) is 0.162. The van der Waals surface area contributed by atoms with E-state index >= 15 is 0 Å². The molecule has 0 aromatic carbocycles. The Labute approximate surface area is 128 Å². The van der Waals surface area contributed by atoms with Crippen LogP contribution >= 0.6 is 11.8 Å². The molecule has 0 spiro atoms. The van der Waals surface area contributed by atoms with Gasteiger partial charge in [-0.05, 0) is 12.1 Å². The van der Waals surface area contributed by atoms with Gasteiger partial charge in [-0.3, -0.25) is 0 Å². The van der Waals surface area contributed by atoms with E-state index in [2.05, 4.69) is 4.98 Å². The molecule has 1 aromatic rings. The normalized spacial score (nSPS) is 21.3. The van der Waals surface area contributed by atoms with Gasteiger partial charge in [0, 0.05) is 30.0 Å². The van der Waals surface area contributed by atoms with E-state index in [0.29, 0.717) is 5.75 Å². The maximum Gasteiger partial charge on any atom is 0.263 e. The average molecular weight is 351 g/mol. The number of sulfone groups is 1. The highest BCUT2D eigenvalue weighted by atomic mass is 32.2. The van der Waals surface area contributed by atoms with Gasteiger partial charge in [-0.15, -0.1) is 0 Å². The molecule has 2 rings (SSSR count). The number of aromatic nitrogens is 1. The molecule has 1 atom stereocenters. The lowest BCUT2D eigenvalue weighted by molar-refractivity contribution is 0.402. The average Bonchev–Trinajstić information content (AvgIpc) is 2.47. The van der Waals surface area contributed by atoms with Crippen molar-refractivity contribution in [1.29, 1.82) is 0 Å². The summed E-state index contributed by atoms with van der Waals surface area (Å²) in [6.07, 6.45) is 1.32. The second-order valence-corrected chi connectivity index (χ2v) is 9.90. The molecule has 2 N–H and O–H groups in total. The van der Waals surface area contributed by atoms with Gasteiger partial charge in [-0.2, -0.15) is 16.1 Å². The number of rotatable bonds is 4. The van der Waals surface area contributed by atoms with E-state index in [9.17, 15) is 16.8 Å². The van der Waals surface area contributed by atoms with Gasteiger partial charge in [0.25, 0.3) is 10.0 Å². The molecule has 0 radical (unpaired) electrons. The van der Waals surface area contributed by atoms with Gasteiger partial charge >= 0.3 is 0 Å². The Morgan fingerprint density at radius 1 is 1.43 bits per heavy atom. The first-order valence-electron chi connectivity index (χ1n) is 6.32. The molecule has 0 amide bonds. The van der Waals surface area contributed by atoms with Crippen molar-refractivity contribution in [3.8, 4) is 0 Å². The molecule has 10 heteroatoms. The van der Waals surface area contributed by atoms with Gasteiger partial charge in [-0.1, -0.05) is 6.92 Å². The molecule has 1 unspecified atom stereocenters. The minimum atomic E-state index is -4.03. The minimum Gasteiger partial charge on any atom is -0.396 e. The van der Waals surface area contributed by atoms with Crippen LogP contribution in [0.2, 0.25) is 0 Å². The lowest BCUT2D eigenvalue weighted by Crippen LogP contribution is -2.50. The molecular weight excluding hydrogens is 334 g/mol. The molecule has 2 heterocycles. The second kappa shape index (κ2) is 6.11. The SMILES string of the molecule is CCS(=O)(=O)C1CSCCN1S(=O)(=O)c1ncccc1N. The third kappa shape index (κ3) is 3.17. The molecule has 21 heavy (non-hydrogen) atoms. The van der Waals surface area contributed by atoms with Crippen LogP contribution in [0, 0.1) is 0 Å². The number of hydrogen-bond acceptors (Lipinski definition) is 7. The molecular formula is C11H17N3O4S3. The number of thioether (sulfide) groups is 1. The van der Waals surface area contributed by atoms with Gasteiger partial charge in [0.2, 0.25) is 0 Å². The van der Waals surface area contributed by atoms with Gasteiger partial charge in [-0.25, -0.2) is 21.8 Å². The van der Waals surface area contributed by atoms with E-state index < -0.39 is 25.2 Å². The number of pyridine rings is 1. The van der Waals surface area contributed by atoms with Gasteiger partial charge < -0.3 is 5.73 Å². The summed E-state index contributed by atoms with van der Waals surface area (Å²) in [5.74, 6) is 0.659. The summed E-state index contributed by atoms with van der Waals surface area (Å²) >= 11 is 1.43. The molecule has 1 aliphatic rings. The molecule has 118 valence electrons. The fourth-order valence-electron chi connectivity index (χ4n) is 2.05.